The molecule has 20 heavy (non-hydrogen) atoms. The number of aromatic nitrogens is 4. The number of rotatable bonds is 4. The van der Waals surface area contributed by atoms with Crippen molar-refractivity contribution in [1.82, 2.24) is 19.7 Å². The number of ether oxygens (including phenoxy) is 1. The molecular weight excluding hydrogens is 254 g/mol. The zero-order valence-corrected chi connectivity index (χ0v) is 11.9. The van der Waals surface area contributed by atoms with E-state index in [4.69, 9.17) is 4.74 Å². The number of aryl methyl sites for hydroxylation is 2. The molecule has 2 aromatic rings. The van der Waals surface area contributed by atoms with Gasteiger partial charge in [-0.25, -0.2) is 4.98 Å². The summed E-state index contributed by atoms with van der Waals surface area (Å²) in [4.78, 5) is 8.66. The van der Waals surface area contributed by atoms with Crippen LogP contribution in [0.5, 0.6) is 5.88 Å². The van der Waals surface area contributed by atoms with E-state index in [1.165, 1.54) is 24.1 Å². The highest BCUT2D eigenvalue weighted by Crippen LogP contribution is 2.19. The van der Waals surface area contributed by atoms with E-state index in [0.29, 0.717) is 18.4 Å². The van der Waals surface area contributed by atoms with E-state index in [0.717, 1.165) is 18.7 Å². The summed E-state index contributed by atoms with van der Waals surface area (Å²) in [6.07, 6.45) is 5.52. The van der Waals surface area contributed by atoms with Crippen LogP contribution in [0, 0.1) is 6.92 Å². The van der Waals surface area contributed by atoms with Gasteiger partial charge in [-0.1, -0.05) is 0 Å². The van der Waals surface area contributed by atoms with Crippen molar-refractivity contribution in [2.45, 2.75) is 39.3 Å². The molecule has 0 aromatic carbocycles. The average Bonchev–Trinajstić information content (AvgIpc) is 2.88. The zero-order chi connectivity index (χ0) is 13.9. The van der Waals surface area contributed by atoms with Crippen LogP contribution in [-0.4, -0.2) is 26.9 Å². The van der Waals surface area contributed by atoms with Crippen LogP contribution in [0.4, 0.5) is 5.95 Å². The maximum absolute atomic E-state index is 5.16. The van der Waals surface area contributed by atoms with Crippen LogP contribution in [0.15, 0.2) is 12.3 Å². The Labute approximate surface area is 118 Å². The fraction of sp³-hybridized carbons (Fsp3) is 0.500. The number of nitrogens with zero attached hydrogens (tertiary/aromatic N) is 4. The third-order valence-electron chi connectivity index (χ3n) is 3.55. The highest BCUT2D eigenvalue weighted by Gasteiger charge is 2.14. The van der Waals surface area contributed by atoms with Crippen molar-refractivity contribution in [3.05, 3.63) is 29.2 Å². The van der Waals surface area contributed by atoms with Gasteiger partial charge in [-0.2, -0.15) is 10.1 Å². The van der Waals surface area contributed by atoms with Gasteiger partial charge in [0.1, 0.15) is 0 Å². The lowest BCUT2D eigenvalue weighted by Crippen LogP contribution is -2.13. The molecule has 0 atom stereocenters. The van der Waals surface area contributed by atoms with Crippen molar-refractivity contribution in [3.63, 3.8) is 0 Å². The fourth-order valence-electron chi connectivity index (χ4n) is 2.53. The van der Waals surface area contributed by atoms with E-state index in [1.54, 1.807) is 7.11 Å². The summed E-state index contributed by atoms with van der Waals surface area (Å²) in [5.74, 6) is 1.18. The van der Waals surface area contributed by atoms with Crippen molar-refractivity contribution in [2.75, 3.05) is 12.4 Å². The monoisotopic (exact) mass is 273 g/mol. The maximum Gasteiger partial charge on any atom is 0.226 e. The SMILES string of the molecule is COc1cc(C)nc(NCc2cnn3c2CCCC3)n1. The topological polar surface area (TPSA) is 64.9 Å². The normalized spacial score (nSPS) is 13.9. The number of hydrogen-bond acceptors (Lipinski definition) is 5. The minimum atomic E-state index is 0.581. The molecule has 0 amide bonds. The fourth-order valence-corrected chi connectivity index (χ4v) is 2.53. The number of methoxy groups -OCH3 is 1. The first-order valence-electron chi connectivity index (χ1n) is 6.93. The first-order chi connectivity index (χ1) is 9.76. The lowest BCUT2D eigenvalue weighted by Gasteiger charge is -2.15. The Bertz CT molecular complexity index is 608. The smallest absolute Gasteiger partial charge is 0.226 e. The van der Waals surface area contributed by atoms with Gasteiger partial charge in [-0.3, -0.25) is 4.68 Å². The summed E-state index contributed by atoms with van der Waals surface area (Å²) in [5, 5.41) is 7.69. The van der Waals surface area contributed by atoms with Crippen LogP contribution in [0.3, 0.4) is 0 Å². The first-order valence-corrected chi connectivity index (χ1v) is 6.93. The van der Waals surface area contributed by atoms with Crippen LogP contribution in [0.2, 0.25) is 0 Å². The highest BCUT2D eigenvalue weighted by molar-refractivity contribution is 5.33. The quantitative estimate of drug-likeness (QED) is 0.922. The molecule has 0 radical (unpaired) electrons. The standard InChI is InChI=1S/C14H19N5O/c1-10-7-13(20-2)18-14(17-10)15-8-11-9-16-19-6-4-3-5-12(11)19/h7,9H,3-6,8H2,1-2H3,(H,15,17,18). The first kappa shape index (κ1) is 12.9. The predicted molar refractivity (Wildman–Crippen MR) is 75.8 cm³/mol. The van der Waals surface area contributed by atoms with Gasteiger partial charge in [0.25, 0.3) is 0 Å². The molecule has 0 unspecified atom stereocenters. The number of hydrogen-bond donors (Lipinski definition) is 1. The van der Waals surface area contributed by atoms with E-state index >= 15 is 0 Å². The Morgan fingerprint density at radius 3 is 3.10 bits per heavy atom. The molecule has 1 aliphatic rings. The third-order valence-corrected chi connectivity index (χ3v) is 3.55. The van der Waals surface area contributed by atoms with Gasteiger partial charge in [0, 0.05) is 36.1 Å². The average molecular weight is 273 g/mol. The van der Waals surface area contributed by atoms with Gasteiger partial charge in [-0.05, 0) is 26.2 Å². The van der Waals surface area contributed by atoms with Crippen molar-refractivity contribution in [2.24, 2.45) is 0 Å². The number of nitrogens with one attached hydrogen (secondary N) is 1. The van der Waals surface area contributed by atoms with Crippen molar-refractivity contribution >= 4 is 5.95 Å². The van der Waals surface area contributed by atoms with Gasteiger partial charge in [0.05, 0.1) is 13.3 Å². The van der Waals surface area contributed by atoms with E-state index < -0.39 is 0 Å². The molecule has 3 heterocycles. The molecular formula is C14H19N5O. The predicted octanol–water partition coefficient (Wildman–Crippen LogP) is 1.94. The zero-order valence-electron chi connectivity index (χ0n) is 11.9. The third kappa shape index (κ3) is 2.59. The summed E-state index contributed by atoms with van der Waals surface area (Å²) in [7, 11) is 1.61. The summed E-state index contributed by atoms with van der Waals surface area (Å²) < 4.78 is 7.27. The van der Waals surface area contributed by atoms with Crippen molar-refractivity contribution in [3.8, 4) is 5.88 Å². The van der Waals surface area contributed by atoms with Gasteiger partial charge < -0.3 is 10.1 Å². The number of anilines is 1. The Hall–Kier alpha value is -2.11. The van der Waals surface area contributed by atoms with Gasteiger partial charge in [-0.15, -0.1) is 0 Å². The Balaban J connectivity index is 1.73. The molecule has 0 aliphatic carbocycles. The molecule has 0 saturated carbocycles. The van der Waals surface area contributed by atoms with E-state index in [-0.39, 0.29) is 0 Å². The second-order valence-electron chi connectivity index (χ2n) is 5.03. The Morgan fingerprint density at radius 1 is 1.35 bits per heavy atom. The van der Waals surface area contributed by atoms with E-state index in [9.17, 15) is 0 Å². The molecule has 6 heteroatoms. The maximum atomic E-state index is 5.16. The second kappa shape index (κ2) is 5.48. The molecule has 0 bridgehead atoms. The van der Waals surface area contributed by atoms with Gasteiger partial charge >= 0.3 is 0 Å². The lowest BCUT2D eigenvalue weighted by atomic mass is 10.1. The Kier molecular flexibility index (Phi) is 3.54. The van der Waals surface area contributed by atoms with Crippen LogP contribution in [0.1, 0.15) is 29.8 Å². The Morgan fingerprint density at radius 2 is 2.25 bits per heavy atom. The van der Waals surface area contributed by atoms with Crippen LogP contribution < -0.4 is 10.1 Å². The van der Waals surface area contributed by atoms with Gasteiger partial charge in [0.15, 0.2) is 0 Å². The second-order valence-corrected chi connectivity index (χ2v) is 5.03. The van der Waals surface area contributed by atoms with Crippen LogP contribution in [-0.2, 0) is 19.5 Å². The molecule has 0 fully saturated rings. The minimum absolute atomic E-state index is 0.581. The highest BCUT2D eigenvalue weighted by atomic mass is 16.5. The molecule has 6 nitrogen and oxygen atoms in total. The molecule has 0 spiro atoms. The van der Waals surface area contributed by atoms with Crippen LogP contribution in [0.25, 0.3) is 0 Å². The molecule has 1 N–H and O–H groups in total. The molecule has 3 rings (SSSR count). The summed E-state index contributed by atoms with van der Waals surface area (Å²) in [6, 6.07) is 1.81. The summed E-state index contributed by atoms with van der Waals surface area (Å²) >= 11 is 0. The van der Waals surface area contributed by atoms with Crippen molar-refractivity contribution in [1.29, 1.82) is 0 Å². The van der Waals surface area contributed by atoms with E-state index in [1.807, 2.05) is 19.2 Å². The largest absolute Gasteiger partial charge is 0.481 e. The minimum Gasteiger partial charge on any atom is -0.481 e. The van der Waals surface area contributed by atoms with E-state index in [2.05, 4.69) is 25.1 Å². The van der Waals surface area contributed by atoms with Crippen molar-refractivity contribution < 1.29 is 4.74 Å². The molecule has 0 saturated heterocycles. The lowest BCUT2D eigenvalue weighted by molar-refractivity contribution is 0.397. The van der Waals surface area contributed by atoms with Gasteiger partial charge in [0.2, 0.25) is 11.8 Å². The van der Waals surface area contributed by atoms with Crippen LogP contribution >= 0.6 is 0 Å². The molecule has 2 aromatic heterocycles. The summed E-state index contributed by atoms with van der Waals surface area (Å²) in [6.45, 7) is 3.66. The molecule has 106 valence electrons. The molecule has 1 aliphatic heterocycles. The summed E-state index contributed by atoms with van der Waals surface area (Å²) in [5.41, 5.74) is 3.45. The number of fused-ring (bicyclic) bond motifs is 1.